The van der Waals surface area contributed by atoms with Gasteiger partial charge in [0.15, 0.2) is 0 Å². The number of aromatic amines is 1. The number of fused-ring (bicyclic) bond motifs is 1. The highest BCUT2D eigenvalue weighted by molar-refractivity contribution is 9.10. The largest absolute Gasteiger partial charge is 0.329 e. The van der Waals surface area contributed by atoms with Crippen molar-refractivity contribution in [2.45, 2.75) is 13.0 Å². The highest BCUT2D eigenvalue weighted by Gasteiger charge is 2.10. The second-order valence-corrected chi connectivity index (χ2v) is 7.31. The van der Waals surface area contributed by atoms with Crippen molar-refractivity contribution in [2.75, 3.05) is 0 Å². The van der Waals surface area contributed by atoms with Crippen LogP contribution in [-0.2, 0) is 13.0 Å². The maximum absolute atomic E-state index is 13.0. The molecule has 1 aromatic heterocycles. The van der Waals surface area contributed by atoms with Crippen LogP contribution in [-0.4, -0.2) is 9.55 Å². The number of hydrogen-bond acceptors (Lipinski definition) is 2. The van der Waals surface area contributed by atoms with Gasteiger partial charge in [-0.3, -0.25) is 9.36 Å². The van der Waals surface area contributed by atoms with E-state index in [4.69, 9.17) is 0 Å². The summed E-state index contributed by atoms with van der Waals surface area (Å²) >= 11 is 3.56. The van der Waals surface area contributed by atoms with Crippen LogP contribution in [0, 0.1) is 0 Å². The highest BCUT2D eigenvalue weighted by Crippen LogP contribution is 2.20. The molecule has 0 aliphatic carbocycles. The smallest absolute Gasteiger partial charge is 0.307 e. The van der Waals surface area contributed by atoms with Crippen molar-refractivity contribution in [2.24, 2.45) is 0 Å². The van der Waals surface area contributed by atoms with Gasteiger partial charge in [-0.15, -0.1) is 0 Å². The van der Waals surface area contributed by atoms with Crippen molar-refractivity contribution in [1.29, 1.82) is 0 Å². The minimum atomic E-state index is -0.394. The van der Waals surface area contributed by atoms with E-state index in [0.29, 0.717) is 17.3 Å². The monoisotopic (exact) mass is 420 g/mol. The molecule has 0 unspecified atom stereocenters. The van der Waals surface area contributed by atoms with Gasteiger partial charge in [0.25, 0.3) is 5.56 Å². The third-order valence-electron chi connectivity index (χ3n) is 4.58. The summed E-state index contributed by atoms with van der Waals surface area (Å²) in [5.41, 5.74) is 2.97. The molecule has 1 N–H and O–H groups in total. The van der Waals surface area contributed by atoms with Crippen LogP contribution in [0.25, 0.3) is 10.9 Å². The zero-order chi connectivity index (χ0) is 18.8. The van der Waals surface area contributed by atoms with Gasteiger partial charge in [-0.1, -0.05) is 70.5 Å². The molecule has 5 heteroatoms. The molecule has 1 heterocycles. The molecule has 0 aliphatic rings. The van der Waals surface area contributed by atoms with Crippen LogP contribution < -0.4 is 11.2 Å². The first-order chi connectivity index (χ1) is 13.1. The van der Waals surface area contributed by atoms with Crippen molar-refractivity contribution < 1.29 is 0 Å². The summed E-state index contributed by atoms with van der Waals surface area (Å²) in [5, 5.41) is 0.523. The fourth-order valence-corrected chi connectivity index (χ4v) is 3.60. The molecule has 0 aliphatic heterocycles. The third kappa shape index (κ3) is 3.64. The predicted octanol–water partition coefficient (Wildman–Crippen LogP) is 4.09. The maximum atomic E-state index is 13.0. The molecule has 0 saturated heterocycles. The molecule has 0 fully saturated rings. The molecule has 0 amide bonds. The SMILES string of the molecule is O=c1[nH]c2ccc(Cc3ccccc3Br)cc2c(=O)n1Cc1ccccc1. The number of halogens is 1. The summed E-state index contributed by atoms with van der Waals surface area (Å²) in [5.74, 6) is 0. The van der Waals surface area contributed by atoms with Crippen LogP contribution in [0.5, 0.6) is 0 Å². The molecule has 0 saturated carbocycles. The predicted molar refractivity (Wildman–Crippen MR) is 111 cm³/mol. The Morgan fingerprint density at radius 2 is 1.59 bits per heavy atom. The summed E-state index contributed by atoms with van der Waals surface area (Å²) in [6.45, 7) is 0.249. The lowest BCUT2D eigenvalue weighted by molar-refractivity contribution is 0.711. The number of nitrogens with zero attached hydrogens (tertiary/aromatic N) is 1. The lowest BCUT2D eigenvalue weighted by Crippen LogP contribution is -2.35. The molecule has 0 radical (unpaired) electrons. The molecule has 0 bridgehead atoms. The molecule has 134 valence electrons. The fraction of sp³-hybridized carbons (Fsp3) is 0.0909. The van der Waals surface area contributed by atoms with Crippen LogP contribution in [0.1, 0.15) is 16.7 Å². The Morgan fingerprint density at radius 1 is 0.852 bits per heavy atom. The maximum Gasteiger partial charge on any atom is 0.329 e. The number of rotatable bonds is 4. The van der Waals surface area contributed by atoms with Gasteiger partial charge in [-0.25, -0.2) is 4.79 Å². The van der Waals surface area contributed by atoms with Gasteiger partial charge >= 0.3 is 5.69 Å². The van der Waals surface area contributed by atoms with Crippen molar-refractivity contribution in [3.05, 3.63) is 115 Å². The van der Waals surface area contributed by atoms with Crippen LogP contribution in [0.2, 0.25) is 0 Å². The van der Waals surface area contributed by atoms with E-state index >= 15 is 0 Å². The van der Waals surface area contributed by atoms with E-state index in [1.165, 1.54) is 4.57 Å². The number of hydrogen-bond donors (Lipinski definition) is 1. The lowest BCUT2D eigenvalue weighted by Gasteiger charge is -2.09. The molecule has 3 aromatic carbocycles. The average Bonchev–Trinajstić information content (AvgIpc) is 2.68. The fourth-order valence-electron chi connectivity index (χ4n) is 3.18. The Balaban J connectivity index is 1.77. The van der Waals surface area contributed by atoms with Gasteiger partial charge in [0, 0.05) is 4.47 Å². The van der Waals surface area contributed by atoms with Crippen LogP contribution in [0.15, 0.2) is 86.9 Å². The van der Waals surface area contributed by atoms with Crippen molar-refractivity contribution >= 4 is 26.8 Å². The Labute approximate surface area is 164 Å². The van der Waals surface area contributed by atoms with Gasteiger partial charge in [0.05, 0.1) is 17.4 Å². The third-order valence-corrected chi connectivity index (χ3v) is 5.36. The lowest BCUT2D eigenvalue weighted by atomic mass is 10.0. The molecule has 0 spiro atoms. The van der Waals surface area contributed by atoms with Crippen LogP contribution >= 0.6 is 15.9 Å². The van der Waals surface area contributed by atoms with E-state index in [2.05, 4.69) is 27.0 Å². The first-order valence-corrected chi connectivity index (χ1v) is 9.44. The van der Waals surface area contributed by atoms with E-state index < -0.39 is 5.69 Å². The Morgan fingerprint density at radius 3 is 2.37 bits per heavy atom. The van der Waals surface area contributed by atoms with Crippen molar-refractivity contribution in [3.8, 4) is 0 Å². The second-order valence-electron chi connectivity index (χ2n) is 6.46. The van der Waals surface area contributed by atoms with Crippen molar-refractivity contribution in [1.82, 2.24) is 9.55 Å². The molecular weight excluding hydrogens is 404 g/mol. The normalized spacial score (nSPS) is 11.0. The van der Waals surface area contributed by atoms with Gasteiger partial charge in [-0.2, -0.15) is 0 Å². The summed E-state index contributed by atoms with van der Waals surface area (Å²) in [6.07, 6.45) is 0.703. The minimum absolute atomic E-state index is 0.249. The highest BCUT2D eigenvalue weighted by atomic mass is 79.9. The van der Waals surface area contributed by atoms with Gasteiger partial charge in [0.2, 0.25) is 0 Å². The summed E-state index contributed by atoms with van der Waals surface area (Å²) < 4.78 is 2.29. The Bertz CT molecular complexity index is 1230. The molecular formula is C22H17BrN2O2. The number of benzene rings is 3. The quantitative estimate of drug-likeness (QED) is 0.540. The standard InChI is InChI=1S/C22H17BrN2O2/c23-19-9-5-4-8-17(19)12-16-10-11-20-18(13-16)21(26)25(22(27)24-20)14-15-6-2-1-3-7-15/h1-11,13H,12,14H2,(H,24,27). The summed E-state index contributed by atoms with van der Waals surface area (Å²) in [4.78, 5) is 28.2. The Kier molecular flexibility index (Phi) is 4.77. The molecule has 4 nitrogen and oxygen atoms in total. The van der Waals surface area contributed by atoms with E-state index in [9.17, 15) is 9.59 Å². The zero-order valence-electron chi connectivity index (χ0n) is 14.5. The van der Waals surface area contributed by atoms with Crippen LogP contribution in [0.4, 0.5) is 0 Å². The summed E-state index contributed by atoms with van der Waals surface area (Å²) in [6, 6.07) is 23.1. The zero-order valence-corrected chi connectivity index (χ0v) is 16.1. The molecule has 27 heavy (non-hydrogen) atoms. The van der Waals surface area contributed by atoms with E-state index in [0.717, 1.165) is 21.2 Å². The molecule has 4 rings (SSSR count). The van der Waals surface area contributed by atoms with Gasteiger partial charge in [-0.05, 0) is 41.3 Å². The molecule has 0 atom stereocenters. The first-order valence-electron chi connectivity index (χ1n) is 8.65. The molecule has 4 aromatic rings. The van der Waals surface area contributed by atoms with Crippen molar-refractivity contribution in [3.63, 3.8) is 0 Å². The number of H-pyrrole nitrogens is 1. The van der Waals surface area contributed by atoms with Gasteiger partial charge in [0.1, 0.15) is 0 Å². The van der Waals surface area contributed by atoms with E-state index in [-0.39, 0.29) is 12.1 Å². The minimum Gasteiger partial charge on any atom is -0.307 e. The number of aromatic nitrogens is 2. The first kappa shape index (κ1) is 17.5. The topological polar surface area (TPSA) is 54.9 Å². The number of nitrogens with one attached hydrogen (secondary N) is 1. The van der Waals surface area contributed by atoms with E-state index in [1.807, 2.05) is 60.7 Å². The Hall–Kier alpha value is -2.92. The van der Waals surface area contributed by atoms with Crippen LogP contribution in [0.3, 0.4) is 0 Å². The second kappa shape index (κ2) is 7.37. The summed E-state index contributed by atoms with van der Waals surface area (Å²) in [7, 11) is 0. The van der Waals surface area contributed by atoms with Gasteiger partial charge < -0.3 is 4.98 Å². The van der Waals surface area contributed by atoms with E-state index in [1.54, 1.807) is 6.07 Å². The average molecular weight is 421 g/mol.